The minimum absolute atomic E-state index is 0.0497. The second kappa shape index (κ2) is 17.0. The molecular formula is C29H31F9N4O7S. The van der Waals surface area contributed by atoms with Crippen molar-refractivity contribution in [2.45, 2.75) is 50.0 Å². The SMILES string of the molecule is COc1ccc(-c2cnc3n2CCN(C)C32CCN(Cc3ccsc3)CC2)cc1.O=C(O)C(F)(F)F.O=C(O)C(F)(F)F.O=C(O)C(F)(F)F. The number of carboxylic acids is 3. The number of aromatic nitrogens is 2. The largest absolute Gasteiger partial charge is 0.497 e. The van der Waals surface area contributed by atoms with Gasteiger partial charge in [-0.2, -0.15) is 50.9 Å². The van der Waals surface area contributed by atoms with Gasteiger partial charge >= 0.3 is 36.4 Å². The zero-order chi connectivity index (χ0) is 38.1. The third-order valence-corrected chi connectivity index (χ3v) is 8.18. The van der Waals surface area contributed by atoms with Crippen molar-refractivity contribution >= 4 is 29.2 Å². The van der Waals surface area contributed by atoms with Gasteiger partial charge in [0.2, 0.25) is 0 Å². The molecule has 21 heteroatoms. The highest BCUT2D eigenvalue weighted by atomic mass is 32.1. The van der Waals surface area contributed by atoms with E-state index in [0.29, 0.717) is 0 Å². The van der Waals surface area contributed by atoms with Crippen molar-refractivity contribution in [3.05, 3.63) is 58.7 Å². The van der Waals surface area contributed by atoms with Gasteiger partial charge in [-0.05, 0) is 66.5 Å². The van der Waals surface area contributed by atoms with Gasteiger partial charge in [-0.1, -0.05) is 0 Å². The first-order valence-electron chi connectivity index (χ1n) is 14.1. The van der Waals surface area contributed by atoms with Crippen molar-refractivity contribution in [2.24, 2.45) is 0 Å². The summed E-state index contributed by atoms with van der Waals surface area (Å²) in [6.45, 7) is 5.36. The number of methoxy groups -OCH3 is 1. The molecule has 0 unspecified atom stereocenters. The van der Waals surface area contributed by atoms with Crippen molar-refractivity contribution in [1.82, 2.24) is 19.4 Å². The molecule has 1 aromatic carbocycles. The Morgan fingerprint density at radius 3 is 1.70 bits per heavy atom. The van der Waals surface area contributed by atoms with Crippen LogP contribution < -0.4 is 4.74 Å². The number of benzene rings is 1. The molecule has 1 saturated heterocycles. The number of likely N-dealkylation sites (tertiary alicyclic amines) is 1. The summed E-state index contributed by atoms with van der Waals surface area (Å²) in [4.78, 5) is 36.8. The summed E-state index contributed by atoms with van der Waals surface area (Å²) in [5.74, 6) is -6.14. The summed E-state index contributed by atoms with van der Waals surface area (Å²) < 4.78 is 103. The highest BCUT2D eigenvalue weighted by Gasteiger charge is 2.45. The number of rotatable bonds is 4. The number of hydrogen-bond acceptors (Lipinski definition) is 8. The van der Waals surface area contributed by atoms with Crippen LogP contribution in [0.1, 0.15) is 24.2 Å². The third-order valence-electron chi connectivity index (χ3n) is 7.44. The smallest absolute Gasteiger partial charge is 0.490 e. The molecule has 4 heterocycles. The van der Waals surface area contributed by atoms with E-state index in [0.717, 1.165) is 51.3 Å². The van der Waals surface area contributed by atoms with E-state index < -0.39 is 36.4 Å². The minimum atomic E-state index is -5.08. The van der Waals surface area contributed by atoms with Crippen LogP contribution >= 0.6 is 11.3 Å². The fourth-order valence-corrected chi connectivity index (χ4v) is 5.59. The number of alkyl halides is 9. The molecule has 0 amide bonds. The van der Waals surface area contributed by atoms with Crippen LogP contribution in [0.5, 0.6) is 5.75 Å². The van der Waals surface area contributed by atoms with Gasteiger partial charge in [0.05, 0.1) is 24.5 Å². The summed E-state index contributed by atoms with van der Waals surface area (Å²) in [5.41, 5.74) is 3.91. The van der Waals surface area contributed by atoms with Crippen molar-refractivity contribution in [1.29, 1.82) is 0 Å². The Kier molecular flexibility index (Phi) is 14.2. The number of nitrogens with zero attached hydrogens (tertiary/aromatic N) is 4. The number of ether oxygens (including phenoxy) is 1. The van der Waals surface area contributed by atoms with Gasteiger partial charge in [0.15, 0.2) is 0 Å². The number of likely N-dealkylation sites (N-methyl/N-ethyl adjacent to an activating group) is 1. The highest BCUT2D eigenvalue weighted by molar-refractivity contribution is 7.07. The van der Waals surface area contributed by atoms with Crippen LogP contribution in [0.25, 0.3) is 11.3 Å². The van der Waals surface area contributed by atoms with Crippen molar-refractivity contribution < 1.29 is 74.0 Å². The van der Waals surface area contributed by atoms with Crippen LogP contribution in [0.2, 0.25) is 0 Å². The normalized spacial score (nSPS) is 16.0. The molecule has 278 valence electrons. The van der Waals surface area contributed by atoms with Gasteiger partial charge in [0.25, 0.3) is 0 Å². The molecule has 2 aliphatic rings. The van der Waals surface area contributed by atoms with Crippen LogP contribution in [-0.4, -0.2) is 105 Å². The number of imidazole rings is 1. The first-order valence-corrected chi connectivity index (χ1v) is 15.0. The van der Waals surface area contributed by atoms with E-state index in [4.69, 9.17) is 39.4 Å². The van der Waals surface area contributed by atoms with Gasteiger partial charge in [-0.3, -0.25) is 9.80 Å². The van der Waals surface area contributed by atoms with E-state index in [-0.39, 0.29) is 5.54 Å². The van der Waals surface area contributed by atoms with Gasteiger partial charge in [-0.25, -0.2) is 19.4 Å². The molecule has 0 bridgehead atoms. The average Bonchev–Trinajstić information content (AvgIpc) is 3.70. The van der Waals surface area contributed by atoms with Crippen LogP contribution in [0, 0.1) is 0 Å². The van der Waals surface area contributed by atoms with Crippen LogP contribution in [-0.2, 0) is 33.0 Å². The van der Waals surface area contributed by atoms with Gasteiger partial charge in [0, 0.05) is 38.3 Å². The first-order chi connectivity index (χ1) is 23.0. The quantitative estimate of drug-likeness (QED) is 0.274. The van der Waals surface area contributed by atoms with E-state index in [2.05, 4.69) is 56.6 Å². The summed E-state index contributed by atoms with van der Waals surface area (Å²) in [7, 11) is 3.99. The maximum Gasteiger partial charge on any atom is 0.490 e. The lowest BCUT2D eigenvalue weighted by atomic mass is 9.83. The number of carbonyl (C=O) groups is 3. The molecule has 1 spiro atoms. The predicted molar refractivity (Wildman–Crippen MR) is 158 cm³/mol. The molecule has 3 aromatic rings. The molecule has 2 aliphatic heterocycles. The Morgan fingerprint density at radius 2 is 1.30 bits per heavy atom. The maximum atomic E-state index is 10.6. The molecule has 11 nitrogen and oxygen atoms in total. The molecule has 0 radical (unpaired) electrons. The second-order valence-electron chi connectivity index (χ2n) is 10.6. The molecule has 50 heavy (non-hydrogen) atoms. The lowest BCUT2D eigenvalue weighted by molar-refractivity contribution is -0.193. The molecule has 0 atom stereocenters. The van der Waals surface area contributed by atoms with E-state index in [1.807, 2.05) is 12.1 Å². The summed E-state index contributed by atoms with van der Waals surface area (Å²) in [6.07, 6.45) is -10.9. The van der Waals surface area contributed by atoms with E-state index in [1.165, 1.54) is 22.6 Å². The van der Waals surface area contributed by atoms with Gasteiger partial charge < -0.3 is 24.6 Å². The standard InChI is InChI=1S/C23H28N4OS.3C2HF3O2/c1-25-12-13-27-21(19-3-5-20(28-2)6-4-19)15-24-22(27)23(25)8-10-26(11-9-23)16-18-7-14-29-17-18;3*3-2(4,5)1(6)7/h3-7,14-15,17H,8-13,16H2,1-2H3;3*(H,6,7). The van der Waals surface area contributed by atoms with Crippen LogP contribution in [0.15, 0.2) is 47.3 Å². The number of piperidine rings is 1. The predicted octanol–water partition coefficient (Wildman–Crippen LogP) is 5.96. The Labute approximate surface area is 282 Å². The molecule has 0 aliphatic carbocycles. The zero-order valence-electron chi connectivity index (χ0n) is 26.1. The first kappa shape index (κ1) is 41.8. The summed E-state index contributed by atoms with van der Waals surface area (Å²) in [5, 5.41) is 25.8. The minimum Gasteiger partial charge on any atom is -0.497 e. The lowest BCUT2D eigenvalue weighted by Crippen LogP contribution is -2.56. The molecule has 5 rings (SSSR count). The molecule has 0 saturated carbocycles. The number of aliphatic carboxylic acids is 3. The topological polar surface area (TPSA) is 145 Å². The number of thiophene rings is 1. The molecule has 2 aromatic heterocycles. The number of halogens is 9. The summed E-state index contributed by atoms with van der Waals surface area (Å²) in [6, 6.07) is 10.6. The molecule has 1 fully saturated rings. The Morgan fingerprint density at radius 1 is 0.820 bits per heavy atom. The summed E-state index contributed by atoms with van der Waals surface area (Å²) >= 11 is 1.79. The van der Waals surface area contributed by atoms with Crippen molar-refractivity contribution in [3.63, 3.8) is 0 Å². The number of fused-ring (bicyclic) bond motifs is 2. The van der Waals surface area contributed by atoms with E-state index in [9.17, 15) is 39.5 Å². The third kappa shape index (κ3) is 11.6. The Bertz CT molecular complexity index is 1490. The lowest BCUT2D eigenvalue weighted by Gasteiger charge is -2.49. The zero-order valence-corrected chi connectivity index (χ0v) is 27.0. The van der Waals surface area contributed by atoms with Crippen LogP contribution in [0.4, 0.5) is 39.5 Å². The fourth-order valence-electron chi connectivity index (χ4n) is 4.93. The second-order valence-corrected chi connectivity index (χ2v) is 11.4. The number of hydrogen-bond donors (Lipinski definition) is 3. The van der Waals surface area contributed by atoms with Gasteiger partial charge in [-0.15, -0.1) is 0 Å². The average molecular weight is 751 g/mol. The maximum absolute atomic E-state index is 10.6. The molecule has 3 N–H and O–H groups in total. The Hall–Kier alpha value is -4.37. The van der Waals surface area contributed by atoms with Crippen LogP contribution in [0.3, 0.4) is 0 Å². The monoisotopic (exact) mass is 750 g/mol. The van der Waals surface area contributed by atoms with Gasteiger partial charge in [0.1, 0.15) is 11.6 Å². The van der Waals surface area contributed by atoms with Crippen molar-refractivity contribution in [2.75, 3.05) is 33.8 Å². The fraction of sp³-hybridized carbons (Fsp3) is 0.448. The van der Waals surface area contributed by atoms with Crippen molar-refractivity contribution in [3.8, 4) is 17.0 Å². The van der Waals surface area contributed by atoms with E-state index >= 15 is 0 Å². The number of carboxylic acid groups (broad SMARTS) is 3. The highest BCUT2D eigenvalue weighted by Crippen LogP contribution is 2.42. The molecular weight excluding hydrogens is 719 g/mol. The van der Waals surface area contributed by atoms with E-state index in [1.54, 1.807) is 18.4 Å². The Balaban J connectivity index is 0.000000338.